The Balaban J connectivity index is 0.000000301. The molecule has 131 valence electrons. The number of hydrogen-bond acceptors (Lipinski definition) is 3. The van der Waals surface area contributed by atoms with E-state index in [9.17, 15) is 4.79 Å². The second-order valence-corrected chi connectivity index (χ2v) is 5.42. The van der Waals surface area contributed by atoms with Crippen LogP contribution in [0.5, 0.6) is 0 Å². The monoisotopic (exact) mass is 511 g/mol. The van der Waals surface area contributed by atoms with Crippen molar-refractivity contribution in [1.82, 2.24) is 4.98 Å². The van der Waals surface area contributed by atoms with Crippen LogP contribution in [0.4, 0.5) is 0 Å². The third-order valence-electron chi connectivity index (χ3n) is 3.71. The number of benzene rings is 2. The van der Waals surface area contributed by atoms with Gasteiger partial charge in [0.15, 0.2) is 5.78 Å². The zero-order valence-electron chi connectivity index (χ0n) is 14.4. The fourth-order valence-electron chi connectivity index (χ4n) is 2.13. The van der Waals surface area contributed by atoms with Crippen LogP contribution in [0.3, 0.4) is 0 Å². The van der Waals surface area contributed by atoms with Gasteiger partial charge in [-0.1, -0.05) is 24.3 Å². The van der Waals surface area contributed by atoms with Gasteiger partial charge in [0.1, 0.15) is 0 Å². The first kappa shape index (κ1) is 20.8. The smallest absolute Gasteiger partial charge is 0.158 e. The number of aliphatic hydroxyl groups excluding tert-OH is 1. The van der Waals surface area contributed by atoms with Gasteiger partial charge in [0.05, 0.1) is 5.76 Å². The molecule has 0 atom stereocenters. The minimum absolute atomic E-state index is 0. The Kier molecular flexibility index (Phi) is 8.20. The zero-order chi connectivity index (χ0) is 17.5. The number of rotatable bonds is 2. The van der Waals surface area contributed by atoms with Crippen molar-refractivity contribution in [3.63, 3.8) is 0 Å². The van der Waals surface area contributed by atoms with Crippen molar-refractivity contribution in [3.05, 3.63) is 78.2 Å². The molecule has 0 spiro atoms. The van der Waals surface area contributed by atoms with Gasteiger partial charge in [-0.3, -0.25) is 4.79 Å². The number of hydrogen-bond donors (Lipinski definition) is 1. The summed E-state index contributed by atoms with van der Waals surface area (Å²) in [6.45, 7) is 4.52. The number of aliphatic hydroxyl groups is 1. The number of pyridine rings is 1. The Bertz CT molecular complexity index is 864. The van der Waals surface area contributed by atoms with Gasteiger partial charge in [-0.15, -0.1) is 35.9 Å². The molecule has 4 heteroatoms. The van der Waals surface area contributed by atoms with Crippen LogP contribution in [0.2, 0.25) is 0 Å². The predicted molar refractivity (Wildman–Crippen MR) is 97.7 cm³/mol. The molecule has 0 aliphatic heterocycles. The molecule has 0 aliphatic rings. The van der Waals surface area contributed by atoms with Gasteiger partial charge in [0, 0.05) is 31.9 Å². The van der Waals surface area contributed by atoms with E-state index in [2.05, 4.69) is 23.2 Å². The number of aromatic nitrogens is 1. The third-order valence-corrected chi connectivity index (χ3v) is 3.71. The fraction of sp³-hybridized carbons (Fsp3) is 0.143. The number of Topliss-reactive ketones (excluding diaryl/α,β-unsaturated/α-hetero) is 1. The summed E-state index contributed by atoms with van der Waals surface area (Å²) in [5.41, 5.74) is 2.48. The molecule has 3 nitrogen and oxygen atoms in total. The van der Waals surface area contributed by atoms with Crippen LogP contribution in [0.15, 0.2) is 72.1 Å². The van der Waals surface area contributed by atoms with E-state index in [0.717, 1.165) is 11.3 Å². The summed E-state index contributed by atoms with van der Waals surface area (Å²) < 4.78 is 0. The Labute approximate surface area is 161 Å². The number of nitrogens with zero attached hydrogens (tertiary/aromatic N) is 1. The minimum Gasteiger partial charge on any atom is -0.512 e. The van der Waals surface area contributed by atoms with Crippen molar-refractivity contribution in [1.29, 1.82) is 0 Å². The van der Waals surface area contributed by atoms with E-state index in [0.29, 0.717) is 5.57 Å². The molecule has 0 aliphatic carbocycles. The summed E-state index contributed by atoms with van der Waals surface area (Å²) in [4.78, 5) is 14.8. The average molecular weight is 511 g/mol. The summed E-state index contributed by atoms with van der Waals surface area (Å²) in [5.74, 6) is 0.0301. The molecular formula is C21H20IrNO2-. The summed E-state index contributed by atoms with van der Waals surface area (Å²) >= 11 is 0. The van der Waals surface area contributed by atoms with Gasteiger partial charge in [0.2, 0.25) is 0 Å². The molecule has 0 bridgehead atoms. The predicted octanol–water partition coefficient (Wildman–Crippen LogP) is 5.13. The van der Waals surface area contributed by atoms with Crippen molar-refractivity contribution in [2.24, 2.45) is 0 Å². The molecule has 1 aromatic heterocycles. The molecule has 0 unspecified atom stereocenters. The summed E-state index contributed by atoms with van der Waals surface area (Å²) in [6.07, 6.45) is 1.85. The van der Waals surface area contributed by atoms with Gasteiger partial charge in [-0.2, -0.15) is 0 Å². The third kappa shape index (κ3) is 5.63. The van der Waals surface area contributed by atoms with Crippen molar-refractivity contribution >= 4 is 16.6 Å². The van der Waals surface area contributed by atoms with E-state index >= 15 is 0 Å². The van der Waals surface area contributed by atoms with Crippen molar-refractivity contribution < 1.29 is 30.0 Å². The minimum atomic E-state index is -0.0787. The first-order valence-electron chi connectivity index (χ1n) is 7.69. The summed E-state index contributed by atoms with van der Waals surface area (Å²) in [5, 5.41) is 11.0. The molecule has 1 radical (unpaired) electrons. The number of ketones is 1. The van der Waals surface area contributed by atoms with Gasteiger partial charge in [-0.25, -0.2) is 0 Å². The van der Waals surface area contributed by atoms with Gasteiger partial charge >= 0.3 is 0 Å². The molecule has 0 saturated heterocycles. The fourth-order valence-corrected chi connectivity index (χ4v) is 2.13. The van der Waals surface area contributed by atoms with Crippen molar-refractivity contribution in [3.8, 4) is 11.3 Å². The zero-order valence-corrected chi connectivity index (χ0v) is 16.8. The van der Waals surface area contributed by atoms with E-state index in [1.807, 2.05) is 48.7 Å². The molecule has 3 aromatic rings. The SMILES string of the molecule is CC(=O)/C(C)=C(/C)O.[Ir].[c-]1ccccc1-c1nccc2ccccc12. The first-order chi connectivity index (χ1) is 11.5. The van der Waals surface area contributed by atoms with Gasteiger partial charge < -0.3 is 10.1 Å². The molecule has 2 aromatic carbocycles. The molecular weight excluding hydrogens is 490 g/mol. The molecule has 0 amide bonds. The molecule has 1 heterocycles. The van der Waals surface area contributed by atoms with Crippen LogP contribution in [0.25, 0.3) is 22.0 Å². The Morgan fingerprint density at radius 3 is 2.24 bits per heavy atom. The van der Waals surface area contributed by atoms with Crippen LogP contribution >= 0.6 is 0 Å². The van der Waals surface area contributed by atoms with Crippen molar-refractivity contribution in [2.75, 3.05) is 0 Å². The largest absolute Gasteiger partial charge is 0.512 e. The normalized spacial score (nSPS) is 10.8. The standard InChI is InChI=1S/C15H10N.C6H10O2.Ir/c1-2-7-13(8-3-1)15-14-9-5-4-6-12(14)10-11-16-15;1-4(5(2)7)6(3)8;/h1-7,9-11H;7H,1-3H3;/q-1;;/b;5-4-;. The Morgan fingerprint density at radius 1 is 1.00 bits per heavy atom. The topological polar surface area (TPSA) is 50.2 Å². The average Bonchev–Trinajstić information content (AvgIpc) is 2.61. The van der Waals surface area contributed by atoms with Crippen LogP contribution in [0.1, 0.15) is 20.8 Å². The molecule has 0 saturated carbocycles. The number of carbonyl (C=O) groups excluding carboxylic acids is 1. The molecule has 0 fully saturated rings. The van der Waals surface area contributed by atoms with Crippen molar-refractivity contribution in [2.45, 2.75) is 20.8 Å². The van der Waals surface area contributed by atoms with E-state index < -0.39 is 0 Å². The summed E-state index contributed by atoms with van der Waals surface area (Å²) in [6, 6.07) is 21.4. The first-order valence-corrected chi connectivity index (χ1v) is 7.69. The molecule has 1 N–H and O–H groups in total. The quantitative estimate of drug-likeness (QED) is 0.296. The van der Waals surface area contributed by atoms with Crippen LogP contribution < -0.4 is 0 Å². The van der Waals surface area contributed by atoms with Gasteiger partial charge in [-0.05, 0) is 43.3 Å². The second-order valence-electron chi connectivity index (χ2n) is 5.42. The summed E-state index contributed by atoms with van der Waals surface area (Å²) in [7, 11) is 0. The number of fused-ring (bicyclic) bond motifs is 1. The maximum atomic E-state index is 10.4. The molecule has 3 rings (SSSR count). The van der Waals surface area contributed by atoms with E-state index in [4.69, 9.17) is 5.11 Å². The number of carbonyl (C=O) groups is 1. The molecule has 25 heavy (non-hydrogen) atoms. The van der Waals surface area contributed by atoms with E-state index in [1.165, 1.54) is 24.6 Å². The van der Waals surface area contributed by atoms with E-state index in [1.54, 1.807) is 6.92 Å². The van der Waals surface area contributed by atoms with Crippen LogP contribution in [-0.4, -0.2) is 15.9 Å². The Hall–Kier alpha value is -2.29. The maximum absolute atomic E-state index is 10.4. The maximum Gasteiger partial charge on any atom is 0.158 e. The van der Waals surface area contributed by atoms with Crippen LogP contribution in [-0.2, 0) is 24.9 Å². The van der Waals surface area contributed by atoms with Gasteiger partial charge in [0.25, 0.3) is 0 Å². The second kappa shape index (κ2) is 9.87. The Morgan fingerprint density at radius 2 is 1.68 bits per heavy atom. The van der Waals surface area contributed by atoms with E-state index in [-0.39, 0.29) is 31.6 Å². The number of allylic oxidation sites excluding steroid dienone is 2. The van der Waals surface area contributed by atoms with Crippen LogP contribution in [0, 0.1) is 6.07 Å².